The third-order valence-corrected chi connectivity index (χ3v) is 8.31. The van der Waals surface area contributed by atoms with Crippen molar-refractivity contribution in [1.29, 1.82) is 0 Å². The first-order chi connectivity index (χ1) is 20.4. The van der Waals surface area contributed by atoms with Crippen LogP contribution in [0.5, 0.6) is 0 Å². The summed E-state index contributed by atoms with van der Waals surface area (Å²) in [5.41, 5.74) is 0.843. The highest BCUT2D eigenvalue weighted by molar-refractivity contribution is 6.23. The van der Waals surface area contributed by atoms with Crippen molar-refractivity contribution >= 4 is 41.3 Å². The second kappa shape index (κ2) is 12.3. The van der Waals surface area contributed by atoms with Gasteiger partial charge in [0, 0.05) is 70.9 Å². The summed E-state index contributed by atoms with van der Waals surface area (Å²) in [6.45, 7) is 11.3. The maximum atomic E-state index is 13.2. The lowest BCUT2D eigenvalue weighted by molar-refractivity contribution is -0.136. The topological polar surface area (TPSA) is 140 Å². The van der Waals surface area contributed by atoms with Gasteiger partial charge in [-0.1, -0.05) is 0 Å². The molecule has 4 aliphatic rings. The number of anilines is 1. The number of hydrogen-bond acceptors (Lipinski definition) is 9. The molecule has 6 amide bonds. The monoisotopic (exact) mass is 596 g/mol. The number of nitrogens with zero attached hydrogens (tertiary/aromatic N) is 5. The van der Waals surface area contributed by atoms with Gasteiger partial charge in [0.15, 0.2) is 0 Å². The Hall–Kier alpha value is -4.00. The van der Waals surface area contributed by atoms with Crippen LogP contribution in [-0.4, -0.2) is 126 Å². The summed E-state index contributed by atoms with van der Waals surface area (Å²) in [5.74, 6) is -1.94. The van der Waals surface area contributed by atoms with Gasteiger partial charge in [-0.25, -0.2) is 4.79 Å². The summed E-state index contributed by atoms with van der Waals surface area (Å²) in [5, 5.41) is 2.21. The predicted molar refractivity (Wildman–Crippen MR) is 155 cm³/mol. The first-order valence-electron chi connectivity index (χ1n) is 15.0. The zero-order valence-electron chi connectivity index (χ0n) is 25.1. The van der Waals surface area contributed by atoms with E-state index >= 15 is 0 Å². The van der Waals surface area contributed by atoms with Crippen molar-refractivity contribution in [2.75, 3.05) is 63.8 Å². The molecule has 43 heavy (non-hydrogen) atoms. The summed E-state index contributed by atoms with van der Waals surface area (Å²) >= 11 is 0. The number of hydrogen-bond donors (Lipinski definition) is 1. The van der Waals surface area contributed by atoms with Crippen LogP contribution >= 0.6 is 0 Å². The van der Waals surface area contributed by atoms with Crippen LogP contribution in [0.4, 0.5) is 10.5 Å². The molecule has 1 N–H and O–H groups in total. The van der Waals surface area contributed by atoms with E-state index in [1.165, 1.54) is 0 Å². The van der Waals surface area contributed by atoms with E-state index in [2.05, 4.69) is 15.1 Å². The van der Waals surface area contributed by atoms with Gasteiger partial charge < -0.3 is 19.4 Å². The number of rotatable bonds is 6. The zero-order chi connectivity index (χ0) is 30.9. The first-order valence-corrected chi connectivity index (χ1v) is 15.0. The van der Waals surface area contributed by atoms with Crippen molar-refractivity contribution in [3.63, 3.8) is 0 Å². The SMILES string of the molecule is CC(C)(C)OC(=O)N1CCN(C(=O)CCCN2CCN(c3ccc4c(c3)C(=O)N(C3CCC(=O)NC3=O)C4=O)CC2)CC1. The van der Waals surface area contributed by atoms with E-state index < -0.39 is 35.3 Å². The van der Waals surface area contributed by atoms with Crippen LogP contribution in [0.2, 0.25) is 0 Å². The van der Waals surface area contributed by atoms with E-state index in [1.54, 1.807) is 17.0 Å². The molecule has 4 heterocycles. The normalized spacial score (nSPS) is 21.7. The number of nitrogens with one attached hydrogen (secondary N) is 1. The average Bonchev–Trinajstić information content (AvgIpc) is 3.21. The van der Waals surface area contributed by atoms with Gasteiger partial charge in [0.05, 0.1) is 11.1 Å². The quantitative estimate of drug-likeness (QED) is 0.478. The van der Waals surface area contributed by atoms with Gasteiger partial charge in [0.1, 0.15) is 11.6 Å². The van der Waals surface area contributed by atoms with Gasteiger partial charge in [0.2, 0.25) is 17.7 Å². The van der Waals surface area contributed by atoms with Gasteiger partial charge in [-0.3, -0.25) is 39.1 Å². The van der Waals surface area contributed by atoms with Crippen LogP contribution < -0.4 is 10.2 Å². The number of amides is 6. The second-order valence-corrected chi connectivity index (χ2v) is 12.5. The van der Waals surface area contributed by atoms with Crippen molar-refractivity contribution in [1.82, 2.24) is 24.9 Å². The summed E-state index contributed by atoms with van der Waals surface area (Å²) in [6, 6.07) is 4.21. The molecule has 0 spiro atoms. The first kappa shape index (κ1) is 30.5. The third-order valence-electron chi connectivity index (χ3n) is 8.31. The van der Waals surface area contributed by atoms with E-state index in [4.69, 9.17) is 4.74 Å². The average molecular weight is 597 g/mol. The molecular formula is C30H40N6O7. The minimum absolute atomic E-state index is 0.0837. The Morgan fingerprint density at radius 2 is 1.53 bits per heavy atom. The Morgan fingerprint density at radius 1 is 0.884 bits per heavy atom. The number of piperidine rings is 1. The standard InChI is InChI=1S/C30H40N6O7/c1-30(2,3)43-29(42)35-17-15-34(16-18-35)25(38)5-4-10-32-11-13-33(14-12-32)20-6-7-21-22(19-20)28(41)36(27(21)40)23-8-9-24(37)31-26(23)39/h6-7,19,23H,4-5,8-18H2,1-3H3,(H,31,37,39). The Labute approximate surface area is 251 Å². The molecule has 232 valence electrons. The van der Waals surface area contributed by atoms with Crippen molar-refractivity contribution < 1.29 is 33.5 Å². The van der Waals surface area contributed by atoms with Crippen molar-refractivity contribution in [2.24, 2.45) is 0 Å². The fourth-order valence-corrected chi connectivity index (χ4v) is 5.96. The van der Waals surface area contributed by atoms with Crippen LogP contribution in [-0.2, 0) is 19.1 Å². The van der Waals surface area contributed by atoms with Gasteiger partial charge >= 0.3 is 6.09 Å². The fraction of sp³-hybridized carbons (Fsp3) is 0.600. The molecule has 0 aliphatic carbocycles. The lowest BCUT2D eigenvalue weighted by Crippen LogP contribution is -2.54. The number of carbonyl (C=O) groups excluding carboxylic acids is 6. The maximum absolute atomic E-state index is 13.2. The Morgan fingerprint density at radius 3 is 2.19 bits per heavy atom. The summed E-state index contributed by atoms with van der Waals surface area (Å²) in [6.07, 6.45) is 1.07. The van der Waals surface area contributed by atoms with Gasteiger partial charge in [-0.05, 0) is 58.4 Å². The van der Waals surface area contributed by atoms with Crippen LogP contribution in [0.15, 0.2) is 18.2 Å². The number of imide groups is 2. The molecule has 0 radical (unpaired) electrons. The molecular weight excluding hydrogens is 556 g/mol. The Kier molecular flexibility index (Phi) is 8.72. The molecule has 0 bridgehead atoms. The largest absolute Gasteiger partial charge is 0.444 e. The Bertz CT molecular complexity index is 1310. The maximum Gasteiger partial charge on any atom is 0.410 e. The fourth-order valence-electron chi connectivity index (χ4n) is 5.96. The van der Waals surface area contributed by atoms with E-state index in [1.807, 2.05) is 31.7 Å². The minimum Gasteiger partial charge on any atom is -0.444 e. The lowest BCUT2D eigenvalue weighted by Gasteiger charge is -2.37. The molecule has 0 saturated carbocycles. The number of ether oxygens (including phenoxy) is 1. The summed E-state index contributed by atoms with van der Waals surface area (Å²) < 4.78 is 5.42. The van der Waals surface area contributed by atoms with E-state index in [9.17, 15) is 28.8 Å². The summed E-state index contributed by atoms with van der Waals surface area (Å²) in [7, 11) is 0. The Balaban J connectivity index is 1.05. The molecule has 13 heteroatoms. The molecule has 1 atom stereocenters. The van der Waals surface area contributed by atoms with Crippen molar-refractivity contribution in [2.45, 2.75) is 58.1 Å². The molecule has 4 aliphatic heterocycles. The van der Waals surface area contributed by atoms with E-state index in [0.717, 1.165) is 49.7 Å². The highest BCUT2D eigenvalue weighted by Crippen LogP contribution is 2.31. The van der Waals surface area contributed by atoms with Crippen LogP contribution in [0.25, 0.3) is 0 Å². The van der Waals surface area contributed by atoms with Gasteiger partial charge in [-0.15, -0.1) is 0 Å². The molecule has 3 saturated heterocycles. The third kappa shape index (κ3) is 6.82. The van der Waals surface area contributed by atoms with E-state index in [0.29, 0.717) is 32.6 Å². The van der Waals surface area contributed by atoms with Crippen LogP contribution in [0.3, 0.4) is 0 Å². The number of benzene rings is 1. The minimum atomic E-state index is -0.981. The number of piperazine rings is 2. The highest BCUT2D eigenvalue weighted by Gasteiger charge is 2.44. The molecule has 1 unspecified atom stereocenters. The molecule has 1 aromatic rings. The van der Waals surface area contributed by atoms with Crippen LogP contribution in [0, 0.1) is 0 Å². The molecule has 3 fully saturated rings. The predicted octanol–water partition coefficient (Wildman–Crippen LogP) is 1.07. The van der Waals surface area contributed by atoms with Crippen molar-refractivity contribution in [3.05, 3.63) is 29.3 Å². The molecule has 5 rings (SSSR count). The smallest absolute Gasteiger partial charge is 0.410 e. The molecule has 1 aromatic carbocycles. The number of carbonyl (C=O) groups is 6. The zero-order valence-corrected chi connectivity index (χ0v) is 25.1. The molecule has 0 aromatic heterocycles. The van der Waals surface area contributed by atoms with E-state index in [-0.39, 0.29) is 36.0 Å². The summed E-state index contributed by atoms with van der Waals surface area (Å²) in [4.78, 5) is 83.9. The van der Waals surface area contributed by atoms with Gasteiger partial charge in [-0.2, -0.15) is 0 Å². The van der Waals surface area contributed by atoms with Crippen molar-refractivity contribution in [3.8, 4) is 0 Å². The second-order valence-electron chi connectivity index (χ2n) is 12.5. The number of fused-ring (bicyclic) bond motifs is 1. The molecule has 13 nitrogen and oxygen atoms in total. The van der Waals surface area contributed by atoms with Crippen LogP contribution in [0.1, 0.15) is 67.2 Å². The highest BCUT2D eigenvalue weighted by atomic mass is 16.6. The van der Waals surface area contributed by atoms with Gasteiger partial charge in [0.25, 0.3) is 11.8 Å². The lowest BCUT2D eigenvalue weighted by atomic mass is 10.0.